The van der Waals surface area contributed by atoms with Crippen LogP contribution in [0.25, 0.3) is 5.76 Å². The molecule has 1 atom stereocenters. The number of aliphatic hydroxyl groups excluding tert-OH is 1. The molecular formula is C20H12Cl2N2O3S. The van der Waals surface area contributed by atoms with E-state index < -0.39 is 17.7 Å². The van der Waals surface area contributed by atoms with Gasteiger partial charge >= 0.3 is 5.91 Å². The van der Waals surface area contributed by atoms with Gasteiger partial charge in [-0.1, -0.05) is 35.3 Å². The lowest BCUT2D eigenvalue weighted by Crippen LogP contribution is -2.29. The standard InChI is InChI=1S/C20H12Cl2N2O3S/c21-13-6-4-11(5-7-13)17(25)15-16(12-2-1-3-14(22)10-12)24(19(27)18(15)26)20-23-8-9-28-20/h1-10,16,25H/b17-15-. The van der Waals surface area contributed by atoms with Gasteiger partial charge in [0.25, 0.3) is 5.78 Å². The molecule has 0 saturated carbocycles. The molecule has 4 rings (SSSR count). The Labute approximate surface area is 174 Å². The highest BCUT2D eigenvalue weighted by molar-refractivity contribution is 7.14. The molecule has 1 unspecified atom stereocenters. The third-order valence-electron chi connectivity index (χ3n) is 4.35. The first-order valence-electron chi connectivity index (χ1n) is 8.19. The van der Waals surface area contributed by atoms with E-state index in [1.165, 1.54) is 16.2 Å². The highest BCUT2D eigenvalue weighted by Crippen LogP contribution is 2.43. The second kappa shape index (κ2) is 7.39. The minimum Gasteiger partial charge on any atom is -0.507 e. The van der Waals surface area contributed by atoms with Gasteiger partial charge in [-0.3, -0.25) is 14.5 Å². The predicted octanol–water partition coefficient (Wildman–Crippen LogP) is 5.08. The van der Waals surface area contributed by atoms with Crippen LogP contribution in [0.2, 0.25) is 10.0 Å². The van der Waals surface area contributed by atoms with E-state index in [1.807, 2.05) is 0 Å². The Balaban J connectivity index is 1.95. The zero-order valence-electron chi connectivity index (χ0n) is 14.2. The largest absolute Gasteiger partial charge is 0.507 e. The number of anilines is 1. The van der Waals surface area contributed by atoms with Gasteiger partial charge in [0.1, 0.15) is 5.76 Å². The molecule has 0 radical (unpaired) electrons. The number of carbonyl (C=O) groups excluding carboxylic acids is 2. The summed E-state index contributed by atoms with van der Waals surface area (Å²) >= 11 is 13.3. The molecule has 0 spiro atoms. The van der Waals surface area contributed by atoms with Gasteiger partial charge < -0.3 is 5.11 Å². The third kappa shape index (κ3) is 3.20. The van der Waals surface area contributed by atoms with Crippen LogP contribution in [0.3, 0.4) is 0 Å². The van der Waals surface area contributed by atoms with E-state index in [4.69, 9.17) is 23.2 Å². The van der Waals surface area contributed by atoms with Crippen LogP contribution in [-0.4, -0.2) is 21.8 Å². The second-order valence-corrected chi connectivity index (χ2v) is 7.79. The van der Waals surface area contributed by atoms with Crippen LogP contribution in [-0.2, 0) is 9.59 Å². The summed E-state index contributed by atoms with van der Waals surface area (Å²) < 4.78 is 0. The van der Waals surface area contributed by atoms with Crippen LogP contribution in [0.4, 0.5) is 5.13 Å². The minimum atomic E-state index is -0.847. The lowest BCUT2D eigenvalue weighted by molar-refractivity contribution is -0.132. The Bertz CT molecular complexity index is 1090. The highest BCUT2D eigenvalue weighted by atomic mass is 35.5. The monoisotopic (exact) mass is 430 g/mol. The molecule has 1 N–H and O–H groups in total. The summed E-state index contributed by atoms with van der Waals surface area (Å²) in [5.74, 6) is -1.82. The lowest BCUT2D eigenvalue weighted by Gasteiger charge is -2.23. The average molecular weight is 431 g/mol. The number of halogens is 2. The number of thiazole rings is 1. The fraction of sp³-hybridized carbons (Fsp3) is 0.0500. The fourth-order valence-corrected chi connectivity index (χ4v) is 4.11. The maximum atomic E-state index is 12.9. The molecule has 2 heterocycles. The van der Waals surface area contributed by atoms with E-state index in [1.54, 1.807) is 60.1 Å². The van der Waals surface area contributed by atoms with Crippen LogP contribution in [0.1, 0.15) is 17.2 Å². The smallest absolute Gasteiger partial charge is 0.301 e. The Morgan fingerprint density at radius 1 is 1.07 bits per heavy atom. The van der Waals surface area contributed by atoms with E-state index in [9.17, 15) is 14.7 Å². The van der Waals surface area contributed by atoms with Gasteiger partial charge in [-0.05, 0) is 42.0 Å². The van der Waals surface area contributed by atoms with E-state index in [-0.39, 0.29) is 11.3 Å². The molecule has 1 aliphatic heterocycles. The summed E-state index contributed by atoms with van der Waals surface area (Å²) in [5, 5.41) is 13.9. The van der Waals surface area contributed by atoms with Crippen LogP contribution in [0.5, 0.6) is 0 Å². The fourth-order valence-electron chi connectivity index (χ4n) is 3.12. The number of Topliss-reactive ketones (excluding diaryl/α,β-unsaturated/α-hetero) is 1. The first kappa shape index (κ1) is 18.7. The van der Waals surface area contributed by atoms with Crippen molar-refractivity contribution in [2.45, 2.75) is 6.04 Å². The molecule has 0 aliphatic carbocycles. The molecule has 28 heavy (non-hydrogen) atoms. The number of hydrogen-bond donors (Lipinski definition) is 1. The molecular weight excluding hydrogens is 419 g/mol. The van der Waals surface area contributed by atoms with Crippen LogP contribution in [0.15, 0.2) is 65.7 Å². The molecule has 8 heteroatoms. The molecule has 140 valence electrons. The maximum Gasteiger partial charge on any atom is 0.301 e. The topological polar surface area (TPSA) is 70.5 Å². The summed E-state index contributed by atoms with van der Waals surface area (Å²) in [7, 11) is 0. The summed E-state index contributed by atoms with van der Waals surface area (Å²) in [6, 6.07) is 12.4. The van der Waals surface area contributed by atoms with Crippen LogP contribution < -0.4 is 4.90 Å². The Morgan fingerprint density at radius 3 is 2.46 bits per heavy atom. The number of amides is 1. The van der Waals surface area contributed by atoms with E-state index in [2.05, 4.69) is 4.98 Å². The maximum absolute atomic E-state index is 12.9. The normalized spacial score (nSPS) is 18.6. The third-order valence-corrected chi connectivity index (χ3v) is 5.61. The van der Waals surface area contributed by atoms with Crippen molar-refractivity contribution < 1.29 is 14.7 Å². The van der Waals surface area contributed by atoms with E-state index >= 15 is 0 Å². The lowest BCUT2D eigenvalue weighted by atomic mass is 9.95. The highest BCUT2D eigenvalue weighted by Gasteiger charge is 2.48. The van der Waals surface area contributed by atoms with Crippen molar-refractivity contribution in [3.8, 4) is 0 Å². The van der Waals surface area contributed by atoms with Gasteiger partial charge in [-0.15, -0.1) is 11.3 Å². The van der Waals surface area contributed by atoms with Crippen molar-refractivity contribution >= 4 is 57.1 Å². The van der Waals surface area contributed by atoms with Crippen molar-refractivity contribution in [1.29, 1.82) is 0 Å². The second-order valence-electron chi connectivity index (χ2n) is 6.05. The summed E-state index contributed by atoms with van der Waals surface area (Å²) in [4.78, 5) is 31.2. The molecule has 5 nitrogen and oxygen atoms in total. The van der Waals surface area contributed by atoms with Crippen molar-refractivity contribution in [3.05, 3.63) is 86.9 Å². The number of rotatable bonds is 3. The Morgan fingerprint density at radius 2 is 1.82 bits per heavy atom. The van der Waals surface area contributed by atoms with Crippen molar-refractivity contribution in [1.82, 2.24) is 4.98 Å². The van der Waals surface area contributed by atoms with Gasteiger partial charge in [-0.25, -0.2) is 4.98 Å². The number of aromatic nitrogens is 1. The number of carbonyl (C=O) groups is 2. The molecule has 1 aromatic heterocycles. The SMILES string of the molecule is O=C1C(=O)N(c2nccs2)C(c2cccc(Cl)c2)/C1=C(/O)c1ccc(Cl)cc1. The number of nitrogens with zero attached hydrogens (tertiary/aromatic N) is 2. The van der Waals surface area contributed by atoms with E-state index in [0.717, 1.165) is 0 Å². The summed E-state index contributed by atoms with van der Waals surface area (Å²) in [6.45, 7) is 0. The van der Waals surface area contributed by atoms with E-state index in [0.29, 0.717) is 26.3 Å². The molecule has 1 amide bonds. The minimum absolute atomic E-state index is 0.0233. The predicted molar refractivity (Wildman–Crippen MR) is 110 cm³/mol. The summed E-state index contributed by atoms with van der Waals surface area (Å²) in [6.07, 6.45) is 1.55. The van der Waals surface area contributed by atoms with Gasteiger partial charge in [0, 0.05) is 27.2 Å². The van der Waals surface area contributed by atoms with Crippen LogP contribution in [0, 0.1) is 0 Å². The Kier molecular flexibility index (Phi) is 4.93. The quantitative estimate of drug-likeness (QED) is 0.357. The van der Waals surface area contributed by atoms with Gasteiger partial charge in [-0.2, -0.15) is 0 Å². The molecule has 1 fully saturated rings. The first-order chi connectivity index (χ1) is 13.5. The molecule has 3 aromatic rings. The first-order valence-corrected chi connectivity index (χ1v) is 9.83. The van der Waals surface area contributed by atoms with Crippen LogP contribution >= 0.6 is 34.5 Å². The number of ketones is 1. The van der Waals surface area contributed by atoms with Crippen molar-refractivity contribution in [3.63, 3.8) is 0 Å². The average Bonchev–Trinajstić information content (AvgIpc) is 3.29. The molecule has 1 aliphatic rings. The zero-order valence-corrected chi connectivity index (χ0v) is 16.5. The Hall–Kier alpha value is -2.67. The molecule has 0 bridgehead atoms. The number of hydrogen-bond acceptors (Lipinski definition) is 5. The molecule has 1 saturated heterocycles. The molecule has 2 aromatic carbocycles. The van der Waals surface area contributed by atoms with Crippen molar-refractivity contribution in [2.24, 2.45) is 0 Å². The van der Waals surface area contributed by atoms with Gasteiger partial charge in [0.2, 0.25) is 0 Å². The van der Waals surface area contributed by atoms with Gasteiger partial charge in [0.15, 0.2) is 5.13 Å². The number of aliphatic hydroxyl groups is 1. The zero-order chi connectivity index (χ0) is 19.8. The van der Waals surface area contributed by atoms with Crippen molar-refractivity contribution in [2.75, 3.05) is 4.90 Å². The summed E-state index contributed by atoms with van der Waals surface area (Å²) in [5.41, 5.74) is 0.954. The van der Waals surface area contributed by atoms with Gasteiger partial charge in [0.05, 0.1) is 11.6 Å². The number of benzene rings is 2.